The first-order valence-electron chi connectivity index (χ1n) is 10.7. The maximum atomic E-state index is 13.1. The highest BCUT2D eigenvalue weighted by Gasteiger charge is 2.26. The van der Waals surface area contributed by atoms with Crippen LogP contribution in [0.25, 0.3) is 5.82 Å². The number of methoxy groups -OCH3 is 1. The van der Waals surface area contributed by atoms with Crippen molar-refractivity contribution in [3.63, 3.8) is 0 Å². The number of carbonyl (C=O) groups excluding carboxylic acids is 1. The Balaban J connectivity index is 1.42. The van der Waals surface area contributed by atoms with E-state index in [4.69, 9.17) is 9.47 Å². The van der Waals surface area contributed by atoms with E-state index in [2.05, 4.69) is 20.7 Å². The van der Waals surface area contributed by atoms with Gasteiger partial charge in [-0.3, -0.25) is 14.0 Å². The molecule has 0 aromatic carbocycles. The van der Waals surface area contributed by atoms with Crippen molar-refractivity contribution in [2.45, 2.75) is 43.9 Å². The van der Waals surface area contributed by atoms with E-state index >= 15 is 0 Å². The van der Waals surface area contributed by atoms with Crippen LogP contribution in [0, 0.1) is 0 Å². The van der Waals surface area contributed by atoms with E-state index in [-0.39, 0.29) is 24.1 Å². The molecule has 0 bridgehead atoms. The van der Waals surface area contributed by atoms with Crippen LogP contribution in [-0.4, -0.2) is 57.7 Å². The van der Waals surface area contributed by atoms with Crippen molar-refractivity contribution in [1.82, 2.24) is 30.0 Å². The highest BCUT2D eigenvalue weighted by atomic mass is 16.5. The number of aryl methyl sites for hydroxylation is 1. The topological polar surface area (TPSA) is 95.2 Å². The Morgan fingerprint density at radius 3 is 2.77 bits per heavy atom. The molecule has 2 aromatic rings. The van der Waals surface area contributed by atoms with Crippen LogP contribution >= 0.6 is 0 Å². The number of ether oxygens (including phenoxy) is 2. The third kappa shape index (κ3) is 5.42. The standard InChI is InChI=1S/C22H30N6O3/c1-27-9-7-19(26-27)20-13-16(14-21(25-20)28-10-8-23-15-28)22(29)24-17-3-5-18(6-4-17)31-12-11-30-2/h7-10,13-15,17-18,20,25H,3-6,11-12H2,1-2H3,(H,24,29). The second-order valence-electron chi connectivity index (χ2n) is 7.97. The van der Waals surface area contributed by atoms with Crippen molar-refractivity contribution in [2.24, 2.45) is 7.05 Å². The minimum Gasteiger partial charge on any atom is -0.382 e. The minimum absolute atomic E-state index is 0.0659. The first-order valence-corrected chi connectivity index (χ1v) is 10.7. The number of amides is 1. The Kier molecular flexibility index (Phi) is 6.83. The zero-order valence-electron chi connectivity index (χ0n) is 18.0. The Morgan fingerprint density at radius 1 is 1.26 bits per heavy atom. The molecule has 1 aliphatic carbocycles. The summed E-state index contributed by atoms with van der Waals surface area (Å²) in [4.78, 5) is 17.2. The molecule has 0 spiro atoms. The quantitative estimate of drug-likeness (QED) is 0.625. The Labute approximate surface area is 182 Å². The molecule has 0 radical (unpaired) electrons. The summed E-state index contributed by atoms with van der Waals surface area (Å²) < 4.78 is 14.5. The number of rotatable bonds is 8. The molecule has 1 atom stereocenters. The van der Waals surface area contributed by atoms with Crippen molar-refractivity contribution in [3.8, 4) is 0 Å². The van der Waals surface area contributed by atoms with Crippen LogP contribution in [0.4, 0.5) is 0 Å². The third-order valence-corrected chi connectivity index (χ3v) is 5.69. The van der Waals surface area contributed by atoms with Crippen LogP contribution in [0.2, 0.25) is 0 Å². The molecule has 1 unspecified atom stereocenters. The monoisotopic (exact) mass is 426 g/mol. The molecule has 1 saturated carbocycles. The van der Waals surface area contributed by atoms with Gasteiger partial charge < -0.3 is 20.1 Å². The number of hydrogen-bond acceptors (Lipinski definition) is 6. The van der Waals surface area contributed by atoms with Gasteiger partial charge in [0, 0.05) is 44.4 Å². The van der Waals surface area contributed by atoms with E-state index in [0.29, 0.717) is 18.8 Å². The molecule has 1 fully saturated rings. The maximum Gasteiger partial charge on any atom is 0.251 e. The number of carbonyl (C=O) groups is 1. The second-order valence-corrected chi connectivity index (χ2v) is 7.97. The summed E-state index contributed by atoms with van der Waals surface area (Å²) in [5.74, 6) is 0.722. The van der Waals surface area contributed by atoms with Crippen LogP contribution in [-0.2, 0) is 21.3 Å². The lowest BCUT2D eigenvalue weighted by molar-refractivity contribution is -0.118. The number of dihydropyridines is 1. The fourth-order valence-electron chi connectivity index (χ4n) is 4.01. The van der Waals surface area contributed by atoms with Crippen LogP contribution in [0.15, 0.2) is 48.7 Å². The van der Waals surface area contributed by atoms with Gasteiger partial charge in [-0.25, -0.2) is 4.98 Å². The lowest BCUT2D eigenvalue weighted by Gasteiger charge is -2.30. The molecule has 166 valence electrons. The van der Waals surface area contributed by atoms with Gasteiger partial charge in [0.1, 0.15) is 12.1 Å². The predicted octanol–water partition coefficient (Wildman–Crippen LogP) is 1.78. The van der Waals surface area contributed by atoms with Crippen LogP contribution in [0.1, 0.15) is 37.4 Å². The second kappa shape index (κ2) is 9.93. The molecule has 4 rings (SSSR count). The maximum absolute atomic E-state index is 13.1. The van der Waals surface area contributed by atoms with Crippen molar-refractivity contribution in [1.29, 1.82) is 0 Å². The summed E-state index contributed by atoms with van der Waals surface area (Å²) in [5, 5.41) is 11.1. The van der Waals surface area contributed by atoms with Crippen LogP contribution < -0.4 is 10.6 Å². The van der Waals surface area contributed by atoms with E-state index in [9.17, 15) is 4.79 Å². The summed E-state index contributed by atoms with van der Waals surface area (Å²) in [7, 11) is 3.56. The van der Waals surface area contributed by atoms with Gasteiger partial charge in [-0.15, -0.1) is 0 Å². The molecule has 9 heteroatoms. The molecule has 31 heavy (non-hydrogen) atoms. The van der Waals surface area contributed by atoms with Gasteiger partial charge in [-0.05, 0) is 43.9 Å². The lowest BCUT2D eigenvalue weighted by Crippen LogP contribution is -2.40. The number of nitrogens with one attached hydrogen (secondary N) is 2. The smallest absolute Gasteiger partial charge is 0.251 e. The van der Waals surface area contributed by atoms with Gasteiger partial charge in [0.05, 0.1) is 31.1 Å². The Hall–Kier alpha value is -2.91. The Bertz CT molecular complexity index is 925. The van der Waals surface area contributed by atoms with Gasteiger partial charge in [0.15, 0.2) is 0 Å². The SMILES string of the molecule is COCCOC1CCC(NC(=O)C2=CC(c3ccn(C)n3)NC(n3ccnc3)=C2)CC1. The number of aromatic nitrogens is 4. The van der Waals surface area contributed by atoms with Gasteiger partial charge in [-0.2, -0.15) is 5.10 Å². The van der Waals surface area contributed by atoms with Gasteiger partial charge >= 0.3 is 0 Å². The van der Waals surface area contributed by atoms with E-state index in [1.54, 1.807) is 24.3 Å². The van der Waals surface area contributed by atoms with Gasteiger partial charge in [-0.1, -0.05) is 0 Å². The number of imidazole rings is 1. The van der Waals surface area contributed by atoms with Crippen LogP contribution in [0.5, 0.6) is 0 Å². The zero-order valence-corrected chi connectivity index (χ0v) is 18.0. The largest absolute Gasteiger partial charge is 0.382 e. The number of nitrogens with zero attached hydrogens (tertiary/aromatic N) is 4. The lowest BCUT2D eigenvalue weighted by atomic mass is 9.92. The zero-order chi connectivity index (χ0) is 21.6. The average molecular weight is 427 g/mol. The van der Waals surface area contributed by atoms with Gasteiger partial charge in [0.2, 0.25) is 0 Å². The Morgan fingerprint density at radius 2 is 2.10 bits per heavy atom. The molecule has 1 aliphatic heterocycles. The van der Waals surface area contributed by atoms with E-state index in [1.165, 1.54) is 0 Å². The molecule has 2 aliphatic rings. The first kappa shape index (κ1) is 21.3. The molecule has 9 nitrogen and oxygen atoms in total. The minimum atomic E-state index is -0.200. The molecule has 2 aromatic heterocycles. The summed E-state index contributed by atoms with van der Waals surface area (Å²) >= 11 is 0. The highest BCUT2D eigenvalue weighted by molar-refractivity contribution is 5.98. The van der Waals surface area contributed by atoms with E-state index < -0.39 is 0 Å². The highest BCUT2D eigenvalue weighted by Crippen LogP contribution is 2.25. The summed E-state index contributed by atoms with van der Waals surface area (Å²) in [6.07, 6.45) is 14.9. The predicted molar refractivity (Wildman–Crippen MR) is 116 cm³/mol. The summed E-state index contributed by atoms with van der Waals surface area (Å²) in [6, 6.07) is 1.91. The van der Waals surface area contributed by atoms with E-state index in [0.717, 1.165) is 37.2 Å². The van der Waals surface area contributed by atoms with Crippen molar-refractivity contribution >= 4 is 11.7 Å². The average Bonchev–Trinajstić information content (AvgIpc) is 3.47. The molecular weight excluding hydrogens is 396 g/mol. The van der Waals surface area contributed by atoms with Crippen molar-refractivity contribution in [3.05, 3.63) is 54.4 Å². The fraction of sp³-hybridized carbons (Fsp3) is 0.500. The van der Waals surface area contributed by atoms with Crippen molar-refractivity contribution < 1.29 is 14.3 Å². The summed E-state index contributed by atoms with van der Waals surface area (Å²) in [6.45, 7) is 1.23. The molecular formula is C22H30N6O3. The third-order valence-electron chi connectivity index (χ3n) is 5.69. The number of hydrogen-bond donors (Lipinski definition) is 2. The van der Waals surface area contributed by atoms with Crippen molar-refractivity contribution in [2.75, 3.05) is 20.3 Å². The van der Waals surface area contributed by atoms with E-state index in [1.807, 2.05) is 42.2 Å². The van der Waals surface area contributed by atoms with Crippen LogP contribution in [0.3, 0.4) is 0 Å². The molecule has 3 heterocycles. The molecule has 2 N–H and O–H groups in total. The molecule has 0 saturated heterocycles. The normalized spacial score (nSPS) is 23.6. The first-order chi connectivity index (χ1) is 15.1. The fourth-order valence-corrected chi connectivity index (χ4v) is 4.01. The molecule has 1 amide bonds. The van der Waals surface area contributed by atoms with Gasteiger partial charge in [0.25, 0.3) is 5.91 Å². The summed E-state index contributed by atoms with van der Waals surface area (Å²) in [5.41, 5.74) is 1.48.